The van der Waals surface area contributed by atoms with Gasteiger partial charge in [0.1, 0.15) is 0 Å². The number of aliphatic hydroxyl groups excluding tert-OH is 1. The summed E-state index contributed by atoms with van der Waals surface area (Å²) in [4.78, 5) is 0. The summed E-state index contributed by atoms with van der Waals surface area (Å²) in [7, 11) is 0. The topological polar surface area (TPSA) is 40.5 Å². The van der Waals surface area contributed by atoms with Crippen molar-refractivity contribution in [3.63, 3.8) is 0 Å². The van der Waals surface area contributed by atoms with E-state index >= 15 is 0 Å². The standard InChI is InChI=1S/C5H8O2/c1-3-2-4(3)5(6)7/h4-7H,1-2H2. The molecular weight excluding hydrogens is 92.1 g/mol. The van der Waals surface area contributed by atoms with E-state index < -0.39 is 6.29 Å². The van der Waals surface area contributed by atoms with Gasteiger partial charge in [-0.1, -0.05) is 12.2 Å². The first-order chi connectivity index (χ1) is 3.22. The largest absolute Gasteiger partial charge is 0.368 e. The SMILES string of the molecule is C=C1CC1C(O)O. The Kier molecular flexibility index (Phi) is 0.905. The van der Waals surface area contributed by atoms with Crippen LogP contribution in [0.2, 0.25) is 0 Å². The summed E-state index contributed by atoms with van der Waals surface area (Å²) < 4.78 is 0. The van der Waals surface area contributed by atoms with Crippen molar-refractivity contribution >= 4 is 0 Å². The second kappa shape index (κ2) is 1.32. The third kappa shape index (κ3) is 0.813. The fourth-order valence-corrected chi connectivity index (χ4v) is 0.540. The Morgan fingerprint density at radius 1 is 1.71 bits per heavy atom. The van der Waals surface area contributed by atoms with Gasteiger partial charge in [0.25, 0.3) is 0 Å². The number of aliphatic hydroxyl groups is 2. The molecule has 2 nitrogen and oxygen atoms in total. The summed E-state index contributed by atoms with van der Waals surface area (Å²) in [5.74, 6) is -0.0139. The van der Waals surface area contributed by atoms with Gasteiger partial charge in [-0.15, -0.1) is 0 Å². The fraction of sp³-hybridized carbons (Fsp3) is 0.600. The first kappa shape index (κ1) is 4.81. The second-order valence-electron chi connectivity index (χ2n) is 1.88. The van der Waals surface area contributed by atoms with Crippen LogP contribution in [0.25, 0.3) is 0 Å². The van der Waals surface area contributed by atoms with E-state index in [2.05, 4.69) is 6.58 Å². The minimum absolute atomic E-state index is 0.0139. The van der Waals surface area contributed by atoms with E-state index in [0.29, 0.717) is 0 Å². The Hall–Kier alpha value is -0.340. The van der Waals surface area contributed by atoms with Gasteiger partial charge in [-0.25, -0.2) is 0 Å². The highest BCUT2D eigenvalue weighted by Gasteiger charge is 2.32. The molecule has 1 unspecified atom stereocenters. The Morgan fingerprint density at radius 2 is 2.14 bits per heavy atom. The molecule has 0 aromatic heterocycles. The van der Waals surface area contributed by atoms with Crippen molar-refractivity contribution < 1.29 is 10.2 Å². The lowest BCUT2D eigenvalue weighted by atomic mass is 10.4. The molecule has 1 aliphatic rings. The summed E-state index contributed by atoms with van der Waals surface area (Å²) in [6, 6.07) is 0. The molecule has 1 atom stereocenters. The Balaban J connectivity index is 2.33. The van der Waals surface area contributed by atoms with E-state index in [4.69, 9.17) is 10.2 Å². The zero-order valence-electron chi connectivity index (χ0n) is 3.96. The minimum Gasteiger partial charge on any atom is -0.368 e. The second-order valence-corrected chi connectivity index (χ2v) is 1.88. The van der Waals surface area contributed by atoms with E-state index in [1.54, 1.807) is 0 Å². The zero-order chi connectivity index (χ0) is 5.44. The molecule has 0 aliphatic heterocycles. The lowest BCUT2D eigenvalue weighted by molar-refractivity contribution is -0.0529. The molecule has 7 heavy (non-hydrogen) atoms. The molecule has 1 aliphatic carbocycles. The van der Waals surface area contributed by atoms with Crippen molar-refractivity contribution in [1.82, 2.24) is 0 Å². The van der Waals surface area contributed by atoms with Crippen LogP contribution in [0.3, 0.4) is 0 Å². The van der Waals surface area contributed by atoms with Crippen LogP contribution in [0.5, 0.6) is 0 Å². The van der Waals surface area contributed by atoms with Gasteiger partial charge >= 0.3 is 0 Å². The number of rotatable bonds is 1. The molecule has 0 bridgehead atoms. The maximum Gasteiger partial charge on any atom is 0.158 e. The molecule has 0 heterocycles. The van der Waals surface area contributed by atoms with Crippen LogP contribution in [-0.2, 0) is 0 Å². The molecule has 0 aromatic carbocycles. The van der Waals surface area contributed by atoms with Gasteiger partial charge in [0.2, 0.25) is 0 Å². The van der Waals surface area contributed by atoms with Crippen molar-refractivity contribution in [1.29, 1.82) is 0 Å². The highest BCUT2D eigenvalue weighted by Crippen LogP contribution is 2.37. The van der Waals surface area contributed by atoms with Crippen LogP contribution in [0.4, 0.5) is 0 Å². The number of hydrogen-bond donors (Lipinski definition) is 2. The van der Waals surface area contributed by atoms with E-state index in [9.17, 15) is 0 Å². The Morgan fingerprint density at radius 3 is 2.14 bits per heavy atom. The molecule has 0 aromatic rings. The van der Waals surface area contributed by atoms with Crippen molar-refractivity contribution in [2.24, 2.45) is 5.92 Å². The van der Waals surface area contributed by atoms with Crippen LogP contribution < -0.4 is 0 Å². The summed E-state index contributed by atoms with van der Waals surface area (Å²) in [5, 5.41) is 16.7. The van der Waals surface area contributed by atoms with Crippen LogP contribution in [-0.4, -0.2) is 16.5 Å². The van der Waals surface area contributed by atoms with E-state index in [1.807, 2.05) is 0 Å². The monoisotopic (exact) mass is 100 g/mol. The maximum absolute atomic E-state index is 8.36. The van der Waals surface area contributed by atoms with Crippen LogP contribution in [0.1, 0.15) is 6.42 Å². The Labute approximate surface area is 42.1 Å². The minimum atomic E-state index is -1.16. The molecule has 1 fully saturated rings. The van der Waals surface area contributed by atoms with Crippen LogP contribution in [0, 0.1) is 5.92 Å². The molecule has 0 saturated heterocycles. The molecule has 1 saturated carbocycles. The van der Waals surface area contributed by atoms with E-state index in [0.717, 1.165) is 12.0 Å². The predicted molar refractivity (Wildman–Crippen MR) is 25.5 cm³/mol. The van der Waals surface area contributed by atoms with Crippen LogP contribution >= 0.6 is 0 Å². The van der Waals surface area contributed by atoms with E-state index in [-0.39, 0.29) is 5.92 Å². The van der Waals surface area contributed by atoms with Crippen molar-refractivity contribution in [2.75, 3.05) is 0 Å². The highest BCUT2D eigenvalue weighted by molar-refractivity contribution is 5.19. The van der Waals surface area contributed by atoms with Gasteiger partial charge in [-0.2, -0.15) is 0 Å². The normalized spacial score (nSPS) is 29.0. The molecule has 2 heteroatoms. The molecule has 0 spiro atoms. The van der Waals surface area contributed by atoms with Crippen molar-refractivity contribution in [3.8, 4) is 0 Å². The van der Waals surface area contributed by atoms with Gasteiger partial charge in [0.05, 0.1) is 0 Å². The zero-order valence-corrected chi connectivity index (χ0v) is 3.96. The summed E-state index contributed by atoms with van der Waals surface area (Å²) in [6.45, 7) is 3.55. The average molecular weight is 100 g/mol. The van der Waals surface area contributed by atoms with Crippen LogP contribution in [0.15, 0.2) is 12.2 Å². The summed E-state index contributed by atoms with van der Waals surface area (Å²) in [6.07, 6.45) is -0.370. The maximum atomic E-state index is 8.36. The van der Waals surface area contributed by atoms with Gasteiger partial charge in [0, 0.05) is 5.92 Å². The number of hydrogen-bond acceptors (Lipinski definition) is 2. The fourth-order valence-electron chi connectivity index (χ4n) is 0.540. The smallest absolute Gasteiger partial charge is 0.158 e. The molecule has 2 N–H and O–H groups in total. The van der Waals surface area contributed by atoms with Crippen molar-refractivity contribution in [2.45, 2.75) is 12.7 Å². The average Bonchev–Trinajstić information content (AvgIpc) is 2.17. The van der Waals surface area contributed by atoms with E-state index in [1.165, 1.54) is 0 Å². The van der Waals surface area contributed by atoms with Crippen molar-refractivity contribution in [3.05, 3.63) is 12.2 Å². The predicted octanol–water partition coefficient (Wildman–Crippen LogP) is -0.127. The van der Waals surface area contributed by atoms with Gasteiger partial charge in [-0.3, -0.25) is 0 Å². The third-order valence-corrected chi connectivity index (χ3v) is 1.21. The molecule has 0 radical (unpaired) electrons. The van der Waals surface area contributed by atoms with Gasteiger partial charge in [0.15, 0.2) is 6.29 Å². The molecule has 1 rings (SSSR count). The summed E-state index contributed by atoms with van der Waals surface area (Å²) >= 11 is 0. The van der Waals surface area contributed by atoms with Gasteiger partial charge < -0.3 is 10.2 Å². The Bertz CT molecular complexity index is 96.3. The third-order valence-electron chi connectivity index (χ3n) is 1.21. The van der Waals surface area contributed by atoms with Gasteiger partial charge in [-0.05, 0) is 6.42 Å². The molecule has 40 valence electrons. The lowest BCUT2D eigenvalue weighted by Gasteiger charge is -1.93. The molecular formula is C5H8O2. The first-order valence-electron chi connectivity index (χ1n) is 2.25. The highest BCUT2D eigenvalue weighted by atomic mass is 16.5. The summed E-state index contributed by atoms with van der Waals surface area (Å²) in [5.41, 5.74) is 0.954. The first-order valence-corrected chi connectivity index (χ1v) is 2.25. The quantitative estimate of drug-likeness (QED) is 0.356. The lowest BCUT2D eigenvalue weighted by Crippen LogP contribution is -2.05. The molecule has 0 amide bonds.